The van der Waals surface area contributed by atoms with Crippen molar-refractivity contribution >= 4 is 11.9 Å². The lowest BCUT2D eigenvalue weighted by atomic mass is 9.99. The SMILES string of the molecule is CCCCCCCCCOc1ccc(-c2ccc(C(=O)Oc3ccc(C(=O)OCC(CCC)CCC)c(F)c3)cc2)cc1. The van der Waals surface area contributed by atoms with Crippen molar-refractivity contribution in [3.63, 3.8) is 0 Å². The molecule has 0 saturated heterocycles. The van der Waals surface area contributed by atoms with E-state index in [1.165, 1.54) is 50.7 Å². The van der Waals surface area contributed by atoms with Crippen LogP contribution in [0.2, 0.25) is 0 Å². The van der Waals surface area contributed by atoms with Crippen molar-refractivity contribution < 1.29 is 28.2 Å². The third-order valence-electron chi connectivity index (χ3n) is 7.54. The van der Waals surface area contributed by atoms with Gasteiger partial charge in [-0.1, -0.05) is 96.4 Å². The molecule has 0 bridgehead atoms. The highest BCUT2D eigenvalue weighted by Gasteiger charge is 2.18. The Morgan fingerprint density at radius 3 is 1.86 bits per heavy atom. The summed E-state index contributed by atoms with van der Waals surface area (Å²) < 4.78 is 31.3. The number of unbranched alkanes of at least 4 members (excludes halogenated alkanes) is 6. The molecule has 0 amide bonds. The summed E-state index contributed by atoms with van der Waals surface area (Å²) in [6.07, 6.45) is 12.7. The molecule has 0 N–H and O–H groups in total. The Bertz CT molecular complexity index is 1250. The summed E-state index contributed by atoms with van der Waals surface area (Å²) in [5.74, 6) is -0.980. The van der Waals surface area contributed by atoms with Crippen LogP contribution in [0, 0.1) is 11.7 Å². The van der Waals surface area contributed by atoms with Gasteiger partial charge in [-0.15, -0.1) is 0 Å². The van der Waals surface area contributed by atoms with E-state index in [9.17, 15) is 14.0 Å². The zero-order chi connectivity index (χ0) is 30.9. The molecule has 0 unspecified atom stereocenters. The van der Waals surface area contributed by atoms with Gasteiger partial charge in [0.05, 0.1) is 24.3 Å². The van der Waals surface area contributed by atoms with Gasteiger partial charge in [0.1, 0.15) is 17.3 Å². The van der Waals surface area contributed by atoms with Gasteiger partial charge in [0.2, 0.25) is 0 Å². The Morgan fingerprint density at radius 2 is 1.26 bits per heavy atom. The standard InChI is InChI=1S/C37H47FO5/c1-4-7-8-9-10-11-12-25-41-32-21-19-30(20-22-32)29-15-17-31(18-16-29)36(39)43-33-23-24-34(35(38)26-33)37(40)42-27-28(13-5-2)14-6-3/h15-24,26,28H,4-14,25,27H2,1-3H3. The third-order valence-corrected chi connectivity index (χ3v) is 7.54. The van der Waals surface area contributed by atoms with Crippen LogP contribution in [0.5, 0.6) is 11.5 Å². The summed E-state index contributed by atoms with van der Waals surface area (Å²) >= 11 is 0. The number of hydrogen-bond acceptors (Lipinski definition) is 5. The quantitative estimate of drug-likeness (QED) is 0.0790. The zero-order valence-electron chi connectivity index (χ0n) is 26.0. The van der Waals surface area contributed by atoms with E-state index in [-0.39, 0.29) is 23.8 Å². The maximum atomic E-state index is 14.7. The maximum Gasteiger partial charge on any atom is 0.343 e. The van der Waals surface area contributed by atoms with Crippen molar-refractivity contribution in [2.75, 3.05) is 13.2 Å². The van der Waals surface area contributed by atoms with Gasteiger partial charge in [-0.25, -0.2) is 14.0 Å². The molecule has 3 aromatic rings. The molecule has 0 spiro atoms. The number of hydrogen-bond donors (Lipinski definition) is 0. The average Bonchev–Trinajstić information content (AvgIpc) is 3.01. The lowest BCUT2D eigenvalue weighted by Crippen LogP contribution is -2.15. The molecular weight excluding hydrogens is 543 g/mol. The molecule has 0 fully saturated rings. The molecular formula is C37H47FO5. The van der Waals surface area contributed by atoms with Crippen molar-refractivity contribution in [1.82, 2.24) is 0 Å². The van der Waals surface area contributed by atoms with E-state index < -0.39 is 17.8 Å². The first kappa shape index (κ1) is 33.8. The van der Waals surface area contributed by atoms with E-state index in [0.29, 0.717) is 5.56 Å². The van der Waals surface area contributed by atoms with Crippen LogP contribution in [-0.4, -0.2) is 25.2 Å². The van der Waals surface area contributed by atoms with Crippen LogP contribution in [0.4, 0.5) is 4.39 Å². The monoisotopic (exact) mass is 590 g/mol. The van der Waals surface area contributed by atoms with Crippen LogP contribution in [0.25, 0.3) is 11.1 Å². The molecule has 0 atom stereocenters. The first-order valence-electron chi connectivity index (χ1n) is 16.0. The number of esters is 2. The van der Waals surface area contributed by atoms with Gasteiger partial charge in [0, 0.05) is 6.07 Å². The third kappa shape index (κ3) is 11.5. The highest BCUT2D eigenvalue weighted by atomic mass is 19.1. The number of carbonyl (C=O) groups is 2. The Morgan fingerprint density at radius 1 is 0.674 bits per heavy atom. The van der Waals surface area contributed by atoms with Crippen molar-refractivity contribution in [2.24, 2.45) is 5.92 Å². The van der Waals surface area contributed by atoms with Crippen LogP contribution >= 0.6 is 0 Å². The summed E-state index contributed by atoms with van der Waals surface area (Å²) in [6, 6.07) is 18.7. The number of carbonyl (C=O) groups excluding carboxylic acids is 2. The van der Waals surface area contributed by atoms with Crippen LogP contribution < -0.4 is 9.47 Å². The molecule has 3 aromatic carbocycles. The lowest BCUT2D eigenvalue weighted by molar-refractivity contribution is 0.0419. The molecule has 0 aromatic heterocycles. The fraction of sp³-hybridized carbons (Fsp3) is 0.459. The minimum Gasteiger partial charge on any atom is -0.494 e. The summed E-state index contributed by atoms with van der Waals surface area (Å²) in [4.78, 5) is 25.1. The Kier molecular flexibility index (Phi) is 14.8. The van der Waals surface area contributed by atoms with Gasteiger partial charge in [-0.3, -0.25) is 0 Å². The van der Waals surface area contributed by atoms with Crippen molar-refractivity contribution in [3.05, 3.63) is 83.7 Å². The normalized spacial score (nSPS) is 11.0. The van der Waals surface area contributed by atoms with Crippen LogP contribution in [0.15, 0.2) is 66.7 Å². The summed E-state index contributed by atoms with van der Waals surface area (Å²) in [5.41, 5.74) is 2.11. The number of rotatable bonds is 19. The van der Waals surface area contributed by atoms with Crippen LogP contribution in [0.3, 0.4) is 0 Å². The largest absolute Gasteiger partial charge is 0.494 e. The second-order valence-electron chi connectivity index (χ2n) is 11.1. The predicted molar refractivity (Wildman–Crippen MR) is 170 cm³/mol. The number of halogens is 1. The molecule has 0 aliphatic rings. The fourth-order valence-electron chi connectivity index (χ4n) is 5.08. The molecule has 0 radical (unpaired) electrons. The first-order chi connectivity index (χ1) is 20.9. The van der Waals surface area contributed by atoms with E-state index in [1.54, 1.807) is 12.1 Å². The van der Waals surface area contributed by atoms with E-state index >= 15 is 0 Å². The average molecular weight is 591 g/mol. The number of benzene rings is 3. The van der Waals surface area contributed by atoms with E-state index in [1.807, 2.05) is 36.4 Å². The van der Waals surface area contributed by atoms with Gasteiger partial charge in [0.25, 0.3) is 0 Å². The van der Waals surface area contributed by atoms with Gasteiger partial charge >= 0.3 is 11.9 Å². The van der Waals surface area contributed by atoms with Crippen molar-refractivity contribution in [1.29, 1.82) is 0 Å². The fourth-order valence-corrected chi connectivity index (χ4v) is 5.08. The molecule has 6 heteroatoms. The Hall–Kier alpha value is -3.67. The smallest absolute Gasteiger partial charge is 0.343 e. The summed E-state index contributed by atoms with van der Waals surface area (Å²) in [5, 5.41) is 0. The molecule has 5 nitrogen and oxygen atoms in total. The topological polar surface area (TPSA) is 61.8 Å². The van der Waals surface area contributed by atoms with E-state index in [2.05, 4.69) is 20.8 Å². The van der Waals surface area contributed by atoms with Crippen LogP contribution in [-0.2, 0) is 4.74 Å². The van der Waals surface area contributed by atoms with Crippen LogP contribution in [0.1, 0.15) is 112 Å². The van der Waals surface area contributed by atoms with Gasteiger partial charge in [-0.2, -0.15) is 0 Å². The maximum absolute atomic E-state index is 14.7. The second kappa shape index (κ2) is 18.8. The predicted octanol–water partition coefficient (Wildman–Crippen LogP) is 10.2. The highest BCUT2D eigenvalue weighted by Crippen LogP contribution is 2.25. The first-order valence-corrected chi connectivity index (χ1v) is 16.0. The second-order valence-corrected chi connectivity index (χ2v) is 11.1. The zero-order valence-corrected chi connectivity index (χ0v) is 26.0. The lowest BCUT2D eigenvalue weighted by Gasteiger charge is -2.15. The highest BCUT2D eigenvalue weighted by molar-refractivity contribution is 5.92. The number of ether oxygens (including phenoxy) is 3. The van der Waals surface area contributed by atoms with E-state index in [4.69, 9.17) is 14.2 Å². The minimum absolute atomic E-state index is 0.0186. The van der Waals surface area contributed by atoms with Crippen molar-refractivity contribution in [3.8, 4) is 22.6 Å². The summed E-state index contributed by atoms with van der Waals surface area (Å²) in [6.45, 7) is 7.40. The molecule has 0 heterocycles. The molecule has 232 valence electrons. The Labute approximate surface area is 256 Å². The van der Waals surface area contributed by atoms with Crippen molar-refractivity contribution in [2.45, 2.75) is 91.4 Å². The molecule has 43 heavy (non-hydrogen) atoms. The minimum atomic E-state index is -0.789. The van der Waals surface area contributed by atoms with E-state index in [0.717, 1.165) is 61.7 Å². The van der Waals surface area contributed by atoms with Gasteiger partial charge in [-0.05, 0) is 72.7 Å². The molecule has 0 aliphatic carbocycles. The molecule has 0 saturated carbocycles. The van der Waals surface area contributed by atoms with Gasteiger partial charge < -0.3 is 14.2 Å². The Balaban J connectivity index is 1.48. The molecule has 0 aliphatic heterocycles. The molecule has 3 rings (SSSR count). The summed E-state index contributed by atoms with van der Waals surface area (Å²) in [7, 11) is 0. The van der Waals surface area contributed by atoms with Gasteiger partial charge in [0.15, 0.2) is 0 Å².